The summed E-state index contributed by atoms with van der Waals surface area (Å²) in [4.78, 5) is 38.5. The van der Waals surface area contributed by atoms with E-state index in [4.69, 9.17) is 0 Å². The molecule has 2 aliphatic rings. The van der Waals surface area contributed by atoms with E-state index in [1.54, 1.807) is 46.8 Å². The molecular formula is C32H36N6O3S. The Labute approximate surface area is 249 Å². The predicted molar refractivity (Wildman–Crippen MR) is 162 cm³/mol. The van der Waals surface area contributed by atoms with Crippen molar-refractivity contribution in [3.63, 3.8) is 0 Å². The molecule has 2 fully saturated rings. The molecule has 4 heterocycles. The molecule has 9 nitrogen and oxygen atoms in total. The van der Waals surface area contributed by atoms with Crippen LogP contribution in [0.15, 0.2) is 72.6 Å². The van der Waals surface area contributed by atoms with Crippen LogP contribution in [-0.4, -0.2) is 67.6 Å². The number of amides is 2. The van der Waals surface area contributed by atoms with Gasteiger partial charge in [-0.15, -0.1) is 11.3 Å². The fourth-order valence-electron chi connectivity index (χ4n) is 6.04. The monoisotopic (exact) mass is 584 g/mol. The zero-order valence-corrected chi connectivity index (χ0v) is 24.5. The highest BCUT2D eigenvalue weighted by Crippen LogP contribution is 2.35. The summed E-state index contributed by atoms with van der Waals surface area (Å²) in [5, 5.41) is 20.8. The Morgan fingerprint density at radius 2 is 1.98 bits per heavy atom. The molecule has 2 aliphatic heterocycles. The Kier molecular flexibility index (Phi) is 8.46. The quantitative estimate of drug-likeness (QED) is 0.274. The largest absolute Gasteiger partial charge is 0.389 e. The van der Waals surface area contributed by atoms with Crippen molar-refractivity contribution in [3.8, 4) is 5.69 Å². The van der Waals surface area contributed by atoms with Gasteiger partial charge in [-0.25, -0.2) is 9.97 Å². The van der Waals surface area contributed by atoms with Crippen LogP contribution in [0.2, 0.25) is 0 Å². The molecule has 0 saturated carbocycles. The first kappa shape index (κ1) is 28.3. The first-order chi connectivity index (χ1) is 20.5. The number of thiazole rings is 1. The number of carbonyl (C=O) groups excluding carboxylic acids is 2. The Hall–Kier alpha value is -3.86. The predicted octanol–water partition coefficient (Wildman–Crippen LogP) is 4.07. The van der Waals surface area contributed by atoms with Crippen molar-refractivity contribution in [1.29, 1.82) is 0 Å². The van der Waals surface area contributed by atoms with E-state index in [1.807, 2.05) is 53.6 Å². The average Bonchev–Trinajstić information content (AvgIpc) is 3.84. The first-order valence-electron chi connectivity index (χ1n) is 14.6. The number of hydrogen-bond donors (Lipinski definition) is 3. The number of hydrogen-bond acceptors (Lipinski definition) is 7. The molecule has 2 amide bonds. The third-order valence-corrected chi connectivity index (χ3v) is 9.27. The molecule has 0 bridgehead atoms. The van der Waals surface area contributed by atoms with Crippen molar-refractivity contribution < 1.29 is 14.7 Å². The van der Waals surface area contributed by atoms with Gasteiger partial charge in [-0.2, -0.15) is 0 Å². The summed E-state index contributed by atoms with van der Waals surface area (Å²) in [5.41, 5.74) is 3.44. The van der Waals surface area contributed by atoms with Crippen molar-refractivity contribution in [2.24, 2.45) is 0 Å². The van der Waals surface area contributed by atoms with Crippen LogP contribution in [0.1, 0.15) is 68.7 Å². The Morgan fingerprint density at radius 1 is 1.14 bits per heavy atom. The van der Waals surface area contributed by atoms with E-state index in [0.29, 0.717) is 29.8 Å². The number of nitrogens with one attached hydrogen (secondary N) is 2. The molecule has 42 heavy (non-hydrogen) atoms. The molecular weight excluding hydrogens is 548 g/mol. The van der Waals surface area contributed by atoms with Gasteiger partial charge in [0.25, 0.3) is 11.8 Å². The average molecular weight is 585 g/mol. The first-order valence-corrected chi connectivity index (χ1v) is 15.5. The number of benzene rings is 2. The van der Waals surface area contributed by atoms with Crippen molar-refractivity contribution in [2.75, 3.05) is 13.1 Å². The van der Waals surface area contributed by atoms with E-state index >= 15 is 0 Å². The van der Waals surface area contributed by atoms with Gasteiger partial charge in [-0.05, 0) is 69.3 Å². The van der Waals surface area contributed by atoms with Crippen LogP contribution in [0.3, 0.4) is 0 Å². The molecule has 2 aromatic carbocycles. The van der Waals surface area contributed by atoms with Crippen LogP contribution < -0.4 is 10.6 Å². The molecule has 2 saturated heterocycles. The van der Waals surface area contributed by atoms with E-state index in [-0.39, 0.29) is 23.9 Å². The summed E-state index contributed by atoms with van der Waals surface area (Å²) in [5.74, 6) is -0.463. The number of rotatable bonds is 9. The lowest BCUT2D eigenvalue weighted by Gasteiger charge is -2.29. The van der Waals surface area contributed by atoms with Crippen LogP contribution >= 0.6 is 11.3 Å². The number of likely N-dealkylation sites (tertiary alicyclic amines) is 1. The number of aromatic nitrogens is 3. The lowest BCUT2D eigenvalue weighted by molar-refractivity contribution is 0.0733. The number of aliphatic hydroxyl groups is 1. The molecule has 6 rings (SSSR count). The second-order valence-electron chi connectivity index (χ2n) is 11.2. The number of nitrogens with zero attached hydrogens (tertiary/aromatic N) is 4. The topological polar surface area (TPSA) is 112 Å². The summed E-state index contributed by atoms with van der Waals surface area (Å²) >= 11 is 1.58. The highest BCUT2D eigenvalue weighted by atomic mass is 32.1. The minimum absolute atomic E-state index is 0.0744. The van der Waals surface area contributed by atoms with E-state index in [9.17, 15) is 14.7 Å². The molecule has 4 aromatic rings. The van der Waals surface area contributed by atoms with Gasteiger partial charge in [0.2, 0.25) is 0 Å². The van der Waals surface area contributed by atoms with Gasteiger partial charge in [-0.3, -0.25) is 9.59 Å². The van der Waals surface area contributed by atoms with E-state index in [1.165, 1.54) is 0 Å². The third-order valence-electron chi connectivity index (χ3n) is 8.20. The van der Waals surface area contributed by atoms with Gasteiger partial charge in [0.1, 0.15) is 5.01 Å². The normalized spacial score (nSPS) is 20.0. The highest BCUT2D eigenvalue weighted by molar-refractivity contribution is 7.09. The minimum atomic E-state index is -0.762. The molecule has 0 spiro atoms. The summed E-state index contributed by atoms with van der Waals surface area (Å²) < 4.78 is 1.79. The summed E-state index contributed by atoms with van der Waals surface area (Å²) in [6.45, 7) is 3.45. The maximum atomic E-state index is 14.0. The van der Waals surface area contributed by atoms with Crippen molar-refractivity contribution in [1.82, 2.24) is 30.1 Å². The summed E-state index contributed by atoms with van der Waals surface area (Å²) in [7, 11) is 0. The van der Waals surface area contributed by atoms with Crippen LogP contribution in [0.25, 0.3) is 5.69 Å². The second-order valence-corrected chi connectivity index (χ2v) is 12.1. The summed E-state index contributed by atoms with van der Waals surface area (Å²) in [6.07, 6.45) is 8.43. The van der Waals surface area contributed by atoms with Crippen LogP contribution in [0.4, 0.5) is 0 Å². The fourth-order valence-corrected chi connectivity index (χ4v) is 6.99. The number of imidazole rings is 1. The van der Waals surface area contributed by atoms with Crippen molar-refractivity contribution >= 4 is 23.2 Å². The molecule has 0 aliphatic carbocycles. The highest BCUT2D eigenvalue weighted by Gasteiger charge is 2.34. The molecule has 2 aromatic heterocycles. The summed E-state index contributed by atoms with van der Waals surface area (Å²) in [6, 6.07) is 14.4. The van der Waals surface area contributed by atoms with Crippen LogP contribution in [0, 0.1) is 6.92 Å². The smallest absolute Gasteiger partial charge is 0.254 e. The fraction of sp³-hybridized carbons (Fsp3) is 0.375. The lowest BCUT2D eigenvalue weighted by atomic mass is 9.95. The van der Waals surface area contributed by atoms with Gasteiger partial charge in [0.05, 0.1) is 24.5 Å². The van der Waals surface area contributed by atoms with Crippen molar-refractivity contribution in [3.05, 3.63) is 100 Å². The van der Waals surface area contributed by atoms with E-state index in [0.717, 1.165) is 48.5 Å². The molecule has 0 radical (unpaired) electrons. The number of carbonyl (C=O) groups is 2. The Bertz CT molecular complexity index is 1520. The molecule has 218 valence electrons. The third kappa shape index (κ3) is 6.16. The van der Waals surface area contributed by atoms with Gasteiger partial charge < -0.3 is 25.2 Å². The standard InChI is InChI=1S/C32H36N6O3S/c1-21-19-42-31(35-21)28-10-6-13-38(28)32(41)24-16-23(17-25(18-24)37-14-12-33-20-37)30(40)36-27(15-22-7-3-2-4-8-22)29(39)26-9-5-11-34-26/h2-4,7-8,12,14,16-20,26-29,34,39H,5-6,9-11,13,15H2,1H3,(H,36,40)/t26-,27+,28+,29+/m0/s1. The molecule has 3 N–H and O–H groups in total. The SMILES string of the molecule is Cc1csc([C@H]2CCCN2C(=O)c2cc(C(=O)N[C@H](Cc3ccccc3)[C@H](O)[C@@H]3CCCN3)cc(-n3ccnc3)c2)n1. The maximum absolute atomic E-state index is 14.0. The number of aryl methyl sites for hydroxylation is 1. The van der Waals surface area contributed by atoms with Gasteiger partial charge in [-0.1, -0.05) is 30.3 Å². The van der Waals surface area contributed by atoms with Crippen molar-refractivity contribution in [2.45, 2.75) is 63.3 Å². The molecule has 4 atom stereocenters. The zero-order chi connectivity index (χ0) is 29.1. The molecule has 0 unspecified atom stereocenters. The lowest BCUT2D eigenvalue weighted by Crippen LogP contribution is -2.52. The minimum Gasteiger partial charge on any atom is -0.389 e. The zero-order valence-electron chi connectivity index (χ0n) is 23.6. The van der Waals surface area contributed by atoms with Gasteiger partial charge in [0, 0.05) is 52.9 Å². The number of aliphatic hydroxyl groups excluding tert-OH is 1. The molecule has 10 heteroatoms. The van der Waals surface area contributed by atoms with E-state index in [2.05, 4.69) is 20.6 Å². The van der Waals surface area contributed by atoms with Gasteiger partial charge in [0.15, 0.2) is 0 Å². The maximum Gasteiger partial charge on any atom is 0.254 e. The Balaban J connectivity index is 1.30. The van der Waals surface area contributed by atoms with Crippen LogP contribution in [0.5, 0.6) is 0 Å². The van der Waals surface area contributed by atoms with Crippen LogP contribution in [-0.2, 0) is 6.42 Å². The second kappa shape index (κ2) is 12.6. The van der Waals surface area contributed by atoms with Gasteiger partial charge >= 0.3 is 0 Å². The Morgan fingerprint density at radius 3 is 2.69 bits per heavy atom. The van der Waals surface area contributed by atoms with E-state index < -0.39 is 12.1 Å².